The van der Waals surface area contributed by atoms with Crippen molar-refractivity contribution in [3.63, 3.8) is 0 Å². The van der Waals surface area contributed by atoms with Gasteiger partial charge in [0.2, 0.25) is 0 Å². The fraction of sp³-hybridized carbons (Fsp3) is 0.286. The molecule has 120 valence electrons. The number of nitriles is 1. The molecule has 1 saturated heterocycles. The molecular weight excluding hydrogens is 310 g/mol. The summed E-state index contributed by atoms with van der Waals surface area (Å²) in [7, 11) is 0. The maximum atomic E-state index is 9.52. The lowest BCUT2D eigenvalue weighted by Gasteiger charge is -2.27. The van der Waals surface area contributed by atoms with Gasteiger partial charge < -0.3 is 9.64 Å². The number of hydrogen-bond acceptors (Lipinski definition) is 8. The van der Waals surface area contributed by atoms with Crippen molar-refractivity contribution in [1.29, 1.82) is 5.26 Å². The number of rotatable bonds is 3. The van der Waals surface area contributed by atoms with Crippen LogP contribution < -0.4 is 4.90 Å². The molecule has 0 saturated carbocycles. The summed E-state index contributed by atoms with van der Waals surface area (Å²) >= 11 is 0. The van der Waals surface area contributed by atoms with Crippen LogP contribution in [-0.2, 0) is 4.74 Å². The number of ether oxygens (including phenoxy) is 1. The fourth-order valence-corrected chi connectivity index (χ4v) is 2.54. The second kappa shape index (κ2) is 6.05. The van der Waals surface area contributed by atoms with Gasteiger partial charge in [0.1, 0.15) is 23.9 Å². The minimum atomic E-state index is 0.326. The highest BCUT2D eigenvalue weighted by Crippen LogP contribution is 2.19. The molecule has 0 spiro atoms. The summed E-state index contributed by atoms with van der Waals surface area (Å²) in [6.45, 7) is 2.87. The van der Waals surface area contributed by atoms with Crippen LogP contribution >= 0.6 is 0 Å². The maximum absolute atomic E-state index is 9.52. The van der Waals surface area contributed by atoms with E-state index in [1.807, 2.05) is 6.07 Å². The van der Waals surface area contributed by atoms with E-state index in [0.29, 0.717) is 30.4 Å². The van der Waals surface area contributed by atoms with Crippen molar-refractivity contribution in [3.05, 3.63) is 36.7 Å². The van der Waals surface area contributed by atoms with Gasteiger partial charge in [0.15, 0.2) is 11.5 Å². The molecule has 0 aromatic carbocycles. The number of morpholine rings is 1. The largest absolute Gasteiger partial charge is 0.378 e. The Morgan fingerprint density at radius 2 is 2.00 bits per heavy atom. The van der Waals surface area contributed by atoms with E-state index in [1.54, 1.807) is 18.6 Å². The summed E-state index contributed by atoms with van der Waals surface area (Å²) in [5.41, 5.74) is 0.869. The molecule has 0 N–H and O–H groups in total. The van der Waals surface area contributed by atoms with Crippen molar-refractivity contribution < 1.29 is 4.74 Å². The second-order valence-corrected chi connectivity index (χ2v) is 5.08. The van der Waals surface area contributed by atoms with Crippen LogP contribution in [0.25, 0.3) is 11.5 Å². The summed E-state index contributed by atoms with van der Waals surface area (Å²) in [5.74, 6) is 1.31. The molecule has 3 aromatic rings. The van der Waals surface area contributed by atoms with Gasteiger partial charge in [0.25, 0.3) is 0 Å². The summed E-state index contributed by atoms with van der Waals surface area (Å²) in [6, 6.07) is 3.96. The van der Waals surface area contributed by atoms with Crippen molar-refractivity contribution in [2.45, 2.75) is 0 Å². The van der Waals surface area contributed by atoms with Gasteiger partial charge >= 0.3 is 0 Å². The average Bonchev–Trinajstić information content (AvgIpc) is 3.31. The molecule has 4 heterocycles. The van der Waals surface area contributed by atoms with Crippen molar-refractivity contribution in [2.24, 2.45) is 0 Å². The molecule has 1 aliphatic rings. The van der Waals surface area contributed by atoms with Crippen LogP contribution in [0.1, 0.15) is 5.69 Å². The third kappa shape index (κ3) is 2.46. The molecule has 0 aliphatic carbocycles. The standard InChI is InChI=1S/C14H13N9O/c15-8-11-12(22-2-1-18-20-22)9-19-23(11)14-7-13(16-10-17-14)21-3-5-24-6-4-21/h1-2,7,9-10H,3-6H2. The van der Waals surface area contributed by atoms with E-state index in [-0.39, 0.29) is 0 Å². The molecule has 0 unspecified atom stereocenters. The van der Waals surface area contributed by atoms with Gasteiger partial charge in [-0.15, -0.1) is 5.10 Å². The lowest BCUT2D eigenvalue weighted by Crippen LogP contribution is -2.36. The summed E-state index contributed by atoms with van der Waals surface area (Å²) < 4.78 is 8.32. The molecular formula is C14H13N9O. The van der Waals surface area contributed by atoms with Crippen LogP contribution in [0.5, 0.6) is 0 Å². The van der Waals surface area contributed by atoms with Crippen LogP contribution in [0.2, 0.25) is 0 Å². The Bertz CT molecular complexity index is 874. The molecule has 24 heavy (non-hydrogen) atoms. The first-order valence-corrected chi connectivity index (χ1v) is 7.37. The summed E-state index contributed by atoms with van der Waals surface area (Å²) in [5, 5.41) is 21.4. The van der Waals surface area contributed by atoms with Crippen molar-refractivity contribution in [1.82, 2.24) is 34.7 Å². The van der Waals surface area contributed by atoms with E-state index >= 15 is 0 Å². The lowest BCUT2D eigenvalue weighted by atomic mass is 10.3. The topological polar surface area (TPSA) is 111 Å². The molecule has 0 atom stereocenters. The summed E-state index contributed by atoms with van der Waals surface area (Å²) in [6.07, 6.45) is 6.23. The van der Waals surface area contributed by atoms with Crippen LogP contribution in [0.3, 0.4) is 0 Å². The minimum absolute atomic E-state index is 0.326. The third-order valence-electron chi connectivity index (χ3n) is 3.72. The van der Waals surface area contributed by atoms with Crippen LogP contribution in [-0.4, -0.2) is 61.0 Å². The Labute approximate surface area is 136 Å². The van der Waals surface area contributed by atoms with Gasteiger partial charge in [-0.3, -0.25) is 0 Å². The lowest BCUT2D eigenvalue weighted by molar-refractivity contribution is 0.122. The molecule has 0 bridgehead atoms. The van der Waals surface area contributed by atoms with Crippen molar-refractivity contribution in [3.8, 4) is 17.6 Å². The van der Waals surface area contributed by atoms with Crippen LogP contribution in [0.4, 0.5) is 5.82 Å². The zero-order valence-electron chi connectivity index (χ0n) is 12.6. The van der Waals surface area contributed by atoms with E-state index < -0.39 is 0 Å². The Morgan fingerprint density at radius 3 is 2.75 bits per heavy atom. The molecule has 3 aromatic heterocycles. The van der Waals surface area contributed by atoms with E-state index in [2.05, 4.69) is 36.3 Å². The molecule has 0 radical (unpaired) electrons. The Morgan fingerprint density at radius 1 is 1.17 bits per heavy atom. The SMILES string of the molecule is N#Cc1c(-n2ccnn2)cnn1-c1cc(N2CCOCC2)ncn1. The van der Waals surface area contributed by atoms with E-state index in [4.69, 9.17) is 4.74 Å². The number of nitrogens with zero attached hydrogens (tertiary/aromatic N) is 9. The van der Waals surface area contributed by atoms with Gasteiger partial charge in [-0.2, -0.15) is 10.4 Å². The van der Waals surface area contributed by atoms with Crippen molar-refractivity contribution >= 4 is 5.82 Å². The molecule has 0 amide bonds. The highest BCUT2D eigenvalue weighted by atomic mass is 16.5. The Kier molecular flexibility index (Phi) is 3.60. The van der Waals surface area contributed by atoms with E-state index in [9.17, 15) is 5.26 Å². The number of hydrogen-bond donors (Lipinski definition) is 0. The first kappa shape index (κ1) is 14.3. The fourth-order valence-electron chi connectivity index (χ4n) is 2.54. The maximum Gasteiger partial charge on any atom is 0.171 e. The highest BCUT2D eigenvalue weighted by Gasteiger charge is 2.18. The molecule has 1 fully saturated rings. The van der Waals surface area contributed by atoms with E-state index in [0.717, 1.165) is 18.9 Å². The quantitative estimate of drug-likeness (QED) is 0.660. The molecule has 4 rings (SSSR count). The molecule has 1 aliphatic heterocycles. The predicted molar refractivity (Wildman–Crippen MR) is 81.8 cm³/mol. The zero-order chi connectivity index (χ0) is 16.4. The normalized spacial score (nSPS) is 14.5. The summed E-state index contributed by atoms with van der Waals surface area (Å²) in [4.78, 5) is 10.7. The van der Waals surface area contributed by atoms with E-state index in [1.165, 1.54) is 15.7 Å². The number of anilines is 1. The van der Waals surface area contributed by atoms with Crippen LogP contribution in [0, 0.1) is 11.3 Å². The first-order chi connectivity index (χ1) is 11.9. The zero-order valence-corrected chi connectivity index (χ0v) is 12.6. The van der Waals surface area contributed by atoms with Gasteiger partial charge in [-0.25, -0.2) is 19.3 Å². The first-order valence-electron chi connectivity index (χ1n) is 7.37. The van der Waals surface area contributed by atoms with Crippen molar-refractivity contribution in [2.75, 3.05) is 31.2 Å². The Balaban J connectivity index is 1.73. The monoisotopic (exact) mass is 323 g/mol. The predicted octanol–water partition coefficient (Wildman–Crippen LogP) is -0.0487. The molecule has 10 heteroatoms. The molecule has 10 nitrogen and oxygen atoms in total. The number of aromatic nitrogens is 7. The van der Waals surface area contributed by atoms with Gasteiger partial charge in [-0.05, 0) is 0 Å². The minimum Gasteiger partial charge on any atom is -0.378 e. The Hall–Kier alpha value is -3.32. The van der Waals surface area contributed by atoms with Gasteiger partial charge in [-0.1, -0.05) is 5.21 Å². The second-order valence-electron chi connectivity index (χ2n) is 5.08. The van der Waals surface area contributed by atoms with Gasteiger partial charge in [0, 0.05) is 19.2 Å². The smallest absolute Gasteiger partial charge is 0.171 e. The average molecular weight is 323 g/mol. The van der Waals surface area contributed by atoms with Crippen LogP contribution in [0.15, 0.2) is 31.0 Å². The van der Waals surface area contributed by atoms with Gasteiger partial charge in [0.05, 0.1) is 31.8 Å². The third-order valence-corrected chi connectivity index (χ3v) is 3.72. The highest BCUT2D eigenvalue weighted by molar-refractivity contribution is 5.49.